The van der Waals surface area contributed by atoms with Crippen molar-refractivity contribution in [3.05, 3.63) is 51.1 Å². The monoisotopic (exact) mass is 491 g/mol. The Hall–Kier alpha value is -2.67. The van der Waals surface area contributed by atoms with Crippen LogP contribution in [0.2, 0.25) is 0 Å². The number of fused-ring (bicyclic) bond motifs is 1. The normalized spacial score (nSPS) is 16.7. The van der Waals surface area contributed by atoms with Gasteiger partial charge >= 0.3 is 5.97 Å². The molecule has 33 heavy (non-hydrogen) atoms. The van der Waals surface area contributed by atoms with Crippen molar-refractivity contribution in [3.63, 3.8) is 0 Å². The third kappa shape index (κ3) is 4.43. The fraction of sp³-hybridized carbons (Fsp3) is 0.429. The highest BCUT2D eigenvalue weighted by atomic mass is 32.2. The molecule has 0 spiro atoms. The summed E-state index contributed by atoms with van der Waals surface area (Å²) in [6.07, 6.45) is 2.88. The molecule has 1 aliphatic rings. The molecule has 0 aliphatic carbocycles. The second-order valence-electron chi connectivity index (χ2n) is 7.71. The highest BCUT2D eigenvalue weighted by molar-refractivity contribution is 7.89. The van der Waals surface area contributed by atoms with Crippen molar-refractivity contribution in [1.29, 1.82) is 0 Å². The first-order valence-corrected chi connectivity index (χ1v) is 12.8. The number of carbonyl (C=O) groups excluding carboxylic acids is 1. The van der Waals surface area contributed by atoms with Gasteiger partial charge in [0, 0.05) is 38.6 Å². The zero-order valence-electron chi connectivity index (χ0n) is 18.6. The molecular weight excluding hydrogens is 466 g/mol. The van der Waals surface area contributed by atoms with Crippen LogP contribution in [-0.4, -0.2) is 71.3 Å². The van der Waals surface area contributed by atoms with Crippen LogP contribution in [0.25, 0.3) is 10.2 Å². The summed E-state index contributed by atoms with van der Waals surface area (Å²) in [7, 11) is -3.60. The van der Waals surface area contributed by atoms with Gasteiger partial charge in [-0.05, 0) is 38.5 Å². The number of aryl methyl sites for hydroxylation is 1. The minimum atomic E-state index is -3.60. The van der Waals surface area contributed by atoms with Crippen LogP contribution in [0.4, 0.5) is 0 Å². The fourth-order valence-corrected chi connectivity index (χ4v) is 6.37. The number of aromatic nitrogens is 3. The Bertz CT molecular complexity index is 1330. The van der Waals surface area contributed by atoms with E-state index in [1.165, 1.54) is 22.8 Å². The van der Waals surface area contributed by atoms with E-state index in [-0.39, 0.29) is 23.1 Å². The number of esters is 1. The second-order valence-corrected chi connectivity index (χ2v) is 10.6. The smallest absolute Gasteiger partial charge is 0.348 e. The number of pyridine rings is 1. The first-order valence-electron chi connectivity index (χ1n) is 10.6. The second kappa shape index (κ2) is 9.29. The fourth-order valence-electron chi connectivity index (χ4n) is 3.90. The van der Waals surface area contributed by atoms with E-state index in [0.717, 1.165) is 11.3 Å². The SMILES string of the molecule is CCOC(=O)c1sc2nc(C(C)N3CCN(S(=O)(=O)c4cccnc4)CC3)[nH]c(=O)c2c1C. The summed E-state index contributed by atoms with van der Waals surface area (Å²) >= 11 is 1.15. The number of H-pyrrole nitrogens is 1. The molecule has 10 nitrogen and oxygen atoms in total. The van der Waals surface area contributed by atoms with E-state index in [1.807, 2.05) is 6.92 Å². The zero-order chi connectivity index (χ0) is 23.8. The third-order valence-electron chi connectivity index (χ3n) is 5.77. The molecule has 0 amide bonds. The van der Waals surface area contributed by atoms with E-state index < -0.39 is 16.0 Å². The standard InChI is InChI=1S/C21H25N5O5S2/c1-4-31-21(28)17-13(2)16-19(27)23-18(24-20(16)32-17)14(3)25-8-10-26(11-9-25)33(29,30)15-6-5-7-22-12-15/h5-7,12,14H,4,8-11H2,1-3H3,(H,23,24,27). The molecule has 1 unspecified atom stereocenters. The van der Waals surface area contributed by atoms with Crippen molar-refractivity contribution < 1.29 is 17.9 Å². The molecule has 4 rings (SSSR count). The van der Waals surface area contributed by atoms with Crippen molar-refractivity contribution in [2.24, 2.45) is 0 Å². The van der Waals surface area contributed by atoms with Crippen molar-refractivity contribution in [1.82, 2.24) is 24.2 Å². The Morgan fingerprint density at radius 2 is 2.03 bits per heavy atom. The van der Waals surface area contributed by atoms with E-state index in [2.05, 4.69) is 19.9 Å². The lowest BCUT2D eigenvalue weighted by Gasteiger charge is -2.36. The van der Waals surface area contributed by atoms with Crippen LogP contribution in [-0.2, 0) is 14.8 Å². The van der Waals surface area contributed by atoms with Gasteiger partial charge in [-0.3, -0.25) is 14.7 Å². The molecule has 3 aromatic heterocycles. The maximum atomic E-state index is 12.8. The van der Waals surface area contributed by atoms with Crippen molar-refractivity contribution >= 4 is 37.5 Å². The molecule has 1 atom stereocenters. The lowest BCUT2D eigenvalue weighted by molar-refractivity contribution is 0.0531. The number of rotatable bonds is 6. The van der Waals surface area contributed by atoms with E-state index in [0.29, 0.717) is 52.7 Å². The Kier molecular flexibility index (Phi) is 6.61. The number of hydrogen-bond acceptors (Lipinski definition) is 9. The maximum Gasteiger partial charge on any atom is 0.348 e. The molecule has 176 valence electrons. The Balaban J connectivity index is 1.53. The predicted octanol–water partition coefficient (Wildman–Crippen LogP) is 1.93. The van der Waals surface area contributed by atoms with Gasteiger partial charge in [-0.2, -0.15) is 4.31 Å². The quantitative estimate of drug-likeness (QED) is 0.519. The molecule has 0 bridgehead atoms. The van der Waals surface area contributed by atoms with Gasteiger partial charge in [-0.15, -0.1) is 11.3 Å². The number of nitrogens with one attached hydrogen (secondary N) is 1. The largest absolute Gasteiger partial charge is 0.462 e. The number of sulfonamides is 1. The number of piperazine rings is 1. The number of thiophene rings is 1. The van der Waals surface area contributed by atoms with E-state index >= 15 is 0 Å². The molecule has 1 fully saturated rings. The van der Waals surface area contributed by atoms with Crippen molar-refractivity contribution in [2.45, 2.75) is 31.7 Å². The number of ether oxygens (including phenoxy) is 1. The van der Waals surface area contributed by atoms with Crippen LogP contribution in [0, 0.1) is 6.92 Å². The summed E-state index contributed by atoms with van der Waals surface area (Å²) in [5, 5.41) is 0.395. The Labute approximate surface area is 195 Å². The first kappa shape index (κ1) is 23.5. The molecule has 3 aromatic rings. The molecule has 1 saturated heterocycles. The van der Waals surface area contributed by atoms with Crippen molar-refractivity contribution in [3.8, 4) is 0 Å². The summed E-state index contributed by atoms with van der Waals surface area (Å²) in [4.78, 5) is 39.5. The third-order valence-corrected chi connectivity index (χ3v) is 8.82. The van der Waals surface area contributed by atoms with Gasteiger partial charge < -0.3 is 9.72 Å². The summed E-state index contributed by atoms with van der Waals surface area (Å²) < 4.78 is 32.2. The van der Waals surface area contributed by atoms with Gasteiger partial charge in [-0.1, -0.05) is 0 Å². The minimum Gasteiger partial charge on any atom is -0.462 e. The van der Waals surface area contributed by atoms with Gasteiger partial charge in [0.15, 0.2) is 0 Å². The van der Waals surface area contributed by atoms with Crippen LogP contribution in [0.5, 0.6) is 0 Å². The predicted molar refractivity (Wildman–Crippen MR) is 124 cm³/mol. The highest BCUT2D eigenvalue weighted by Crippen LogP contribution is 2.29. The molecule has 1 aliphatic heterocycles. The van der Waals surface area contributed by atoms with Gasteiger partial charge in [0.1, 0.15) is 20.4 Å². The van der Waals surface area contributed by atoms with E-state index in [1.54, 1.807) is 19.9 Å². The number of aromatic amines is 1. The average Bonchev–Trinajstić information content (AvgIpc) is 3.16. The first-order chi connectivity index (χ1) is 15.7. The Morgan fingerprint density at radius 1 is 1.30 bits per heavy atom. The van der Waals surface area contributed by atoms with Gasteiger partial charge in [0.25, 0.3) is 5.56 Å². The number of hydrogen-bond donors (Lipinski definition) is 1. The van der Waals surface area contributed by atoms with Crippen LogP contribution in [0.3, 0.4) is 0 Å². The summed E-state index contributed by atoms with van der Waals surface area (Å²) in [5.74, 6) is 0.0191. The maximum absolute atomic E-state index is 12.8. The number of carbonyl (C=O) groups is 1. The van der Waals surface area contributed by atoms with Crippen LogP contribution in [0.15, 0.2) is 34.2 Å². The molecule has 0 saturated carbocycles. The molecular formula is C21H25N5O5S2. The lowest BCUT2D eigenvalue weighted by Crippen LogP contribution is -2.49. The summed E-state index contributed by atoms with van der Waals surface area (Å²) in [5.41, 5.74) is 0.263. The highest BCUT2D eigenvalue weighted by Gasteiger charge is 2.31. The van der Waals surface area contributed by atoms with E-state index in [4.69, 9.17) is 4.74 Å². The summed E-state index contributed by atoms with van der Waals surface area (Å²) in [6.45, 7) is 7.22. The lowest BCUT2D eigenvalue weighted by atomic mass is 10.2. The minimum absolute atomic E-state index is 0.174. The molecule has 0 radical (unpaired) electrons. The number of nitrogens with zero attached hydrogens (tertiary/aromatic N) is 4. The topological polar surface area (TPSA) is 126 Å². The van der Waals surface area contributed by atoms with Crippen LogP contribution >= 0.6 is 11.3 Å². The molecule has 0 aromatic carbocycles. The summed E-state index contributed by atoms with van der Waals surface area (Å²) in [6, 6.07) is 2.90. The van der Waals surface area contributed by atoms with Gasteiger partial charge in [0.2, 0.25) is 10.0 Å². The van der Waals surface area contributed by atoms with Crippen molar-refractivity contribution in [2.75, 3.05) is 32.8 Å². The molecule has 4 heterocycles. The Morgan fingerprint density at radius 3 is 2.67 bits per heavy atom. The molecule has 1 N–H and O–H groups in total. The van der Waals surface area contributed by atoms with Crippen LogP contribution in [0.1, 0.15) is 40.9 Å². The average molecular weight is 492 g/mol. The van der Waals surface area contributed by atoms with Gasteiger partial charge in [-0.25, -0.2) is 18.2 Å². The van der Waals surface area contributed by atoms with Gasteiger partial charge in [0.05, 0.1) is 18.0 Å². The zero-order valence-corrected chi connectivity index (χ0v) is 20.2. The van der Waals surface area contributed by atoms with Crippen LogP contribution < -0.4 is 5.56 Å². The van der Waals surface area contributed by atoms with E-state index in [9.17, 15) is 18.0 Å². The molecule has 12 heteroatoms.